The monoisotopic (exact) mass is 296 g/mol. The zero-order valence-electron chi connectivity index (χ0n) is 12.6. The van der Waals surface area contributed by atoms with Crippen molar-refractivity contribution in [3.05, 3.63) is 24.3 Å². The number of piperidine rings is 2. The summed E-state index contributed by atoms with van der Waals surface area (Å²) in [6, 6.07) is 4.81. The first kappa shape index (κ1) is 13.7. The third kappa shape index (κ3) is 2.09. The van der Waals surface area contributed by atoms with Crippen LogP contribution in [-0.2, 0) is 0 Å². The van der Waals surface area contributed by atoms with Crippen LogP contribution in [0.15, 0.2) is 18.6 Å². The zero-order valence-corrected chi connectivity index (χ0v) is 12.6. The molecule has 0 aliphatic carbocycles. The number of hydrogen-bond donors (Lipinski definition) is 3. The number of nitrogens with one attached hydrogen (secondary N) is 3. The van der Waals surface area contributed by atoms with Crippen molar-refractivity contribution in [2.45, 2.75) is 49.7 Å². The molecule has 2 unspecified atom stereocenters. The summed E-state index contributed by atoms with van der Waals surface area (Å²) >= 11 is 0. The maximum absolute atomic E-state index is 9.23. The Bertz CT molecular complexity index is 732. The lowest BCUT2D eigenvalue weighted by atomic mass is 9.73. The Kier molecular flexibility index (Phi) is 3.13. The van der Waals surface area contributed by atoms with Gasteiger partial charge in [0.2, 0.25) is 0 Å². The summed E-state index contributed by atoms with van der Waals surface area (Å²) in [6.45, 7) is 3.16. The minimum absolute atomic E-state index is 0.0422. The van der Waals surface area contributed by atoms with Gasteiger partial charge in [0.15, 0.2) is 0 Å². The fourth-order valence-corrected chi connectivity index (χ4v) is 4.13. The van der Waals surface area contributed by atoms with Crippen molar-refractivity contribution in [3.8, 4) is 6.07 Å². The van der Waals surface area contributed by atoms with E-state index in [4.69, 9.17) is 0 Å². The summed E-state index contributed by atoms with van der Waals surface area (Å²) in [5, 5.41) is 17.6. The SMILES string of the molecule is C[C@]12CC(c3ncnc4[nH]ccc34)CN[C@@H]1CCC(C#N)N2. The normalized spacial score (nSPS) is 35.0. The van der Waals surface area contributed by atoms with E-state index in [1.54, 1.807) is 6.33 Å². The molecule has 2 aliphatic heterocycles. The van der Waals surface area contributed by atoms with Crippen molar-refractivity contribution in [1.82, 2.24) is 25.6 Å². The average molecular weight is 296 g/mol. The van der Waals surface area contributed by atoms with Crippen LogP contribution in [0.25, 0.3) is 11.0 Å². The molecule has 2 aliphatic rings. The van der Waals surface area contributed by atoms with Crippen LogP contribution < -0.4 is 10.6 Å². The van der Waals surface area contributed by atoms with Crippen molar-refractivity contribution >= 4 is 11.0 Å². The fourth-order valence-electron chi connectivity index (χ4n) is 4.13. The number of fused-ring (bicyclic) bond motifs is 2. The molecule has 3 N–H and O–H groups in total. The van der Waals surface area contributed by atoms with Crippen LogP contribution in [-0.4, -0.2) is 39.1 Å². The van der Waals surface area contributed by atoms with E-state index in [1.807, 2.05) is 12.3 Å². The average Bonchev–Trinajstić information content (AvgIpc) is 3.01. The van der Waals surface area contributed by atoms with Gasteiger partial charge in [0.05, 0.1) is 17.8 Å². The van der Waals surface area contributed by atoms with Crippen LogP contribution in [0.4, 0.5) is 0 Å². The van der Waals surface area contributed by atoms with E-state index in [9.17, 15) is 5.26 Å². The molecule has 0 saturated carbocycles. The van der Waals surface area contributed by atoms with E-state index in [1.165, 1.54) is 0 Å². The summed E-state index contributed by atoms with van der Waals surface area (Å²) in [5.41, 5.74) is 1.93. The smallest absolute Gasteiger partial charge is 0.140 e. The first-order valence-electron chi connectivity index (χ1n) is 7.88. The molecular weight excluding hydrogens is 276 g/mol. The Hall–Kier alpha value is -1.97. The Morgan fingerprint density at radius 2 is 2.27 bits per heavy atom. The molecule has 22 heavy (non-hydrogen) atoms. The Morgan fingerprint density at radius 1 is 1.36 bits per heavy atom. The van der Waals surface area contributed by atoms with Crippen LogP contribution >= 0.6 is 0 Å². The van der Waals surface area contributed by atoms with E-state index in [0.29, 0.717) is 12.0 Å². The molecule has 0 spiro atoms. The third-order valence-corrected chi connectivity index (χ3v) is 5.23. The molecule has 4 atom stereocenters. The van der Waals surface area contributed by atoms with Crippen molar-refractivity contribution < 1.29 is 0 Å². The second-order valence-electron chi connectivity index (χ2n) is 6.68. The van der Waals surface area contributed by atoms with Crippen LogP contribution in [0.2, 0.25) is 0 Å². The number of aromatic nitrogens is 3. The number of nitrogens with zero attached hydrogens (tertiary/aromatic N) is 3. The van der Waals surface area contributed by atoms with Crippen molar-refractivity contribution in [1.29, 1.82) is 5.26 Å². The largest absolute Gasteiger partial charge is 0.346 e. The van der Waals surface area contributed by atoms with Gasteiger partial charge in [0.25, 0.3) is 0 Å². The lowest BCUT2D eigenvalue weighted by Crippen LogP contribution is -2.67. The molecule has 2 aromatic rings. The first-order chi connectivity index (χ1) is 10.7. The van der Waals surface area contributed by atoms with Gasteiger partial charge in [-0.1, -0.05) is 0 Å². The lowest BCUT2D eigenvalue weighted by molar-refractivity contribution is 0.128. The van der Waals surface area contributed by atoms with E-state index in [-0.39, 0.29) is 11.6 Å². The highest BCUT2D eigenvalue weighted by Gasteiger charge is 2.45. The highest BCUT2D eigenvalue weighted by molar-refractivity contribution is 5.78. The summed E-state index contributed by atoms with van der Waals surface area (Å²) in [5.74, 6) is 0.326. The van der Waals surface area contributed by atoms with Gasteiger partial charge >= 0.3 is 0 Å². The van der Waals surface area contributed by atoms with Gasteiger partial charge in [0.1, 0.15) is 12.0 Å². The minimum Gasteiger partial charge on any atom is -0.346 e. The lowest BCUT2D eigenvalue weighted by Gasteiger charge is -2.50. The van der Waals surface area contributed by atoms with Gasteiger partial charge < -0.3 is 10.3 Å². The highest BCUT2D eigenvalue weighted by atomic mass is 15.1. The second-order valence-corrected chi connectivity index (χ2v) is 6.68. The molecule has 114 valence electrons. The standard InChI is InChI=1S/C16H20N6/c1-16-6-10(8-19-13(16)3-2-11(7-17)22-16)14-12-4-5-18-15(12)21-9-20-14/h4-5,9-11,13,19,22H,2-3,6,8H2,1H3,(H,18,20,21)/t10?,11?,13-,16+/m1/s1. The van der Waals surface area contributed by atoms with Crippen molar-refractivity contribution in [2.75, 3.05) is 6.54 Å². The number of rotatable bonds is 1. The molecule has 0 amide bonds. The molecule has 4 rings (SSSR count). The van der Waals surface area contributed by atoms with Gasteiger partial charge in [-0.25, -0.2) is 9.97 Å². The molecule has 6 heteroatoms. The second kappa shape index (κ2) is 5.04. The van der Waals surface area contributed by atoms with Crippen LogP contribution in [0, 0.1) is 11.3 Å². The molecule has 0 radical (unpaired) electrons. The molecule has 4 heterocycles. The molecular formula is C16H20N6. The minimum atomic E-state index is -0.0604. The van der Waals surface area contributed by atoms with Crippen LogP contribution in [0.3, 0.4) is 0 Å². The maximum Gasteiger partial charge on any atom is 0.140 e. The van der Waals surface area contributed by atoms with E-state index < -0.39 is 0 Å². The van der Waals surface area contributed by atoms with Crippen LogP contribution in [0.1, 0.15) is 37.8 Å². The van der Waals surface area contributed by atoms with Gasteiger partial charge in [-0.3, -0.25) is 5.32 Å². The molecule has 6 nitrogen and oxygen atoms in total. The van der Waals surface area contributed by atoms with Gasteiger partial charge in [-0.15, -0.1) is 0 Å². The van der Waals surface area contributed by atoms with E-state index >= 15 is 0 Å². The quantitative estimate of drug-likeness (QED) is 0.741. The predicted molar refractivity (Wildman–Crippen MR) is 83.2 cm³/mol. The third-order valence-electron chi connectivity index (χ3n) is 5.23. The van der Waals surface area contributed by atoms with Gasteiger partial charge in [0, 0.05) is 35.6 Å². The molecule has 0 aromatic carbocycles. The zero-order chi connectivity index (χ0) is 15.2. The Balaban J connectivity index is 1.65. The number of hydrogen-bond acceptors (Lipinski definition) is 5. The topological polar surface area (TPSA) is 89.4 Å². The van der Waals surface area contributed by atoms with Crippen molar-refractivity contribution in [3.63, 3.8) is 0 Å². The first-order valence-corrected chi connectivity index (χ1v) is 7.88. The Morgan fingerprint density at radius 3 is 3.14 bits per heavy atom. The predicted octanol–water partition coefficient (Wildman–Crippen LogP) is 1.44. The number of nitriles is 1. The molecule has 2 aromatic heterocycles. The van der Waals surface area contributed by atoms with E-state index in [2.05, 4.69) is 38.6 Å². The maximum atomic E-state index is 9.23. The summed E-state index contributed by atoms with van der Waals surface area (Å²) < 4.78 is 0. The number of aromatic amines is 1. The molecule has 2 fully saturated rings. The summed E-state index contributed by atoms with van der Waals surface area (Å²) in [4.78, 5) is 12.0. The summed E-state index contributed by atoms with van der Waals surface area (Å²) in [7, 11) is 0. The molecule has 0 bridgehead atoms. The molecule has 2 saturated heterocycles. The van der Waals surface area contributed by atoms with Crippen molar-refractivity contribution in [2.24, 2.45) is 0 Å². The highest BCUT2D eigenvalue weighted by Crippen LogP contribution is 2.37. The Labute approximate surface area is 129 Å². The van der Waals surface area contributed by atoms with Gasteiger partial charge in [-0.2, -0.15) is 5.26 Å². The summed E-state index contributed by atoms with van der Waals surface area (Å²) in [6.07, 6.45) is 6.51. The van der Waals surface area contributed by atoms with Gasteiger partial charge in [-0.05, 0) is 32.3 Å². The van der Waals surface area contributed by atoms with E-state index in [0.717, 1.165) is 42.5 Å². The fraction of sp³-hybridized carbons (Fsp3) is 0.562. The number of H-pyrrole nitrogens is 1. The van der Waals surface area contributed by atoms with Crippen LogP contribution in [0.5, 0.6) is 0 Å².